The molecule has 0 fully saturated rings. The second-order valence-electron chi connectivity index (χ2n) is 6.90. The largest absolute Gasteiger partial charge is 0.347 e. The minimum Gasteiger partial charge on any atom is -0.347 e. The van der Waals surface area contributed by atoms with Crippen LogP contribution >= 0.6 is 15.9 Å². The van der Waals surface area contributed by atoms with Crippen molar-refractivity contribution in [1.82, 2.24) is 24.1 Å². The third kappa shape index (κ3) is 2.65. The zero-order chi connectivity index (χ0) is 18.5. The normalized spacial score (nSPS) is 14.5. The minimum absolute atomic E-state index is 0.0336. The van der Waals surface area contributed by atoms with Crippen LogP contribution in [0.5, 0.6) is 0 Å². The molecule has 5 rings (SSSR count). The molecule has 0 N–H and O–H groups in total. The van der Waals surface area contributed by atoms with Crippen molar-refractivity contribution in [3.63, 3.8) is 0 Å². The summed E-state index contributed by atoms with van der Waals surface area (Å²) < 4.78 is 4.73. The van der Waals surface area contributed by atoms with Gasteiger partial charge < -0.3 is 9.47 Å². The van der Waals surface area contributed by atoms with Gasteiger partial charge in [0.05, 0.1) is 4.47 Å². The summed E-state index contributed by atoms with van der Waals surface area (Å²) in [7, 11) is 2.12. The quantitative estimate of drug-likeness (QED) is 0.472. The van der Waals surface area contributed by atoms with Crippen molar-refractivity contribution in [2.24, 2.45) is 7.05 Å². The molecule has 136 valence electrons. The lowest BCUT2D eigenvalue weighted by atomic mass is 10.1. The number of carbonyl (C=O) groups excluding carboxylic acids is 1. The molecule has 3 aromatic heterocycles. The van der Waals surface area contributed by atoms with E-state index < -0.39 is 0 Å². The van der Waals surface area contributed by atoms with Crippen LogP contribution in [0.2, 0.25) is 0 Å². The van der Waals surface area contributed by atoms with Crippen LogP contribution in [0.1, 0.15) is 21.7 Å². The standard InChI is InChI=1S/C20H18BrN5O/c1-24-17-5-3-2-4-14(17)15-6-8-25(9-7-18(15)24)20(27)16-10-19-22-11-13(21)12-26(19)23-16/h2-5,10-12H,6-9H2,1H3. The van der Waals surface area contributed by atoms with Gasteiger partial charge in [0.1, 0.15) is 0 Å². The Morgan fingerprint density at radius 3 is 2.89 bits per heavy atom. The maximum atomic E-state index is 13.0. The molecule has 0 saturated heterocycles. The third-order valence-electron chi connectivity index (χ3n) is 5.38. The van der Waals surface area contributed by atoms with Crippen molar-refractivity contribution in [3.05, 3.63) is 64.1 Å². The van der Waals surface area contributed by atoms with Crippen LogP contribution < -0.4 is 0 Å². The number of hydrogen-bond donors (Lipinski definition) is 0. The van der Waals surface area contributed by atoms with Gasteiger partial charge in [-0.3, -0.25) is 4.79 Å². The Labute approximate surface area is 164 Å². The first kappa shape index (κ1) is 16.5. The molecule has 0 unspecified atom stereocenters. The second-order valence-corrected chi connectivity index (χ2v) is 7.81. The average Bonchev–Trinajstić information content (AvgIpc) is 3.11. The van der Waals surface area contributed by atoms with E-state index in [0.29, 0.717) is 24.4 Å². The van der Waals surface area contributed by atoms with E-state index in [1.807, 2.05) is 11.1 Å². The van der Waals surface area contributed by atoms with E-state index in [4.69, 9.17) is 0 Å². The fraction of sp³-hybridized carbons (Fsp3) is 0.250. The number of para-hydroxylation sites is 1. The number of nitrogens with zero attached hydrogens (tertiary/aromatic N) is 5. The van der Waals surface area contributed by atoms with Crippen LogP contribution in [0.15, 0.2) is 47.2 Å². The van der Waals surface area contributed by atoms with Gasteiger partial charge in [-0.15, -0.1) is 0 Å². The molecular weight excluding hydrogens is 406 g/mol. The average molecular weight is 424 g/mol. The molecular formula is C20H18BrN5O. The lowest BCUT2D eigenvalue weighted by Gasteiger charge is -2.19. The first-order valence-electron chi connectivity index (χ1n) is 8.97. The monoisotopic (exact) mass is 423 g/mol. The van der Waals surface area contributed by atoms with Gasteiger partial charge in [0.25, 0.3) is 5.91 Å². The zero-order valence-electron chi connectivity index (χ0n) is 14.9. The summed E-state index contributed by atoms with van der Waals surface area (Å²) in [4.78, 5) is 19.2. The topological polar surface area (TPSA) is 55.4 Å². The Hall–Kier alpha value is -2.67. The number of aryl methyl sites for hydroxylation is 1. The molecule has 0 bridgehead atoms. The molecule has 0 saturated carbocycles. The van der Waals surface area contributed by atoms with Gasteiger partial charge in [-0.2, -0.15) is 5.10 Å². The van der Waals surface area contributed by atoms with Crippen molar-refractivity contribution in [2.75, 3.05) is 13.1 Å². The van der Waals surface area contributed by atoms with Gasteiger partial charge in [-0.1, -0.05) is 18.2 Å². The Morgan fingerprint density at radius 1 is 1.19 bits per heavy atom. The van der Waals surface area contributed by atoms with Gasteiger partial charge in [-0.05, 0) is 34.0 Å². The smallest absolute Gasteiger partial charge is 0.274 e. The molecule has 1 amide bonds. The maximum Gasteiger partial charge on any atom is 0.274 e. The molecule has 1 aliphatic heterocycles. The van der Waals surface area contributed by atoms with Crippen molar-refractivity contribution in [1.29, 1.82) is 0 Å². The molecule has 0 atom stereocenters. The molecule has 1 aliphatic rings. The fourth-order valence-corrected chi connectivity index (χ4v) is 4.34. The molecule has 1 aromatic carbocycles. The first-order valence-corrected chi connectivity index (χ1v) is 9.76. The number of rotatable bonds is 1. The van der Waals surface area contributed by atoms with E-state index >= 15 is 0 Å². The maximum absolute atomic E-state index is 13.0. The number of halogens is 1. The van der Waals surface area contributed by atoms with E-state index in [9.17, 15) is 4.79 Å². The van der Waals surface area contributed by atoms with Gasteiger partial charge in [-0.25, -0.2) is 9.50 Å². The molecule has 6 nitrogen and oxygen atoms in total. The van der Waals surface area contributed by atoms with E-state index in [1.165, 1.54) is 22.2 Å². The summed E-state index contributed by atoms with van der Waals surface area (Å²) in [5, 5.41) is 5.71. The summed E-state index contributed by atoms with van der Waals surface area (Å²) in [6.07, 6.45) is 5.23. The van der Waals surface area contributed by atoms with Crippen molar-refractivity contribution in [3.8, 4) is 0 Å². The van der Waals surface area contributed by atoms with Gasteiger partial charge in [0.2, 0.25) is 0 Å². The van der Waals surface area contributed by atoms with Crippen LogP contribution in [0, 0.1) is 0 Å². The molecule has 4 heterocycles. The van der Waals surface area contributed by atoms with Crippen LogP contribution in [-0.2, 0) is 19.9 Å². The van der Waals surface area contributed by atoms with Gasteiger partial charge in [0.15, 0.2) is 11.3 Å². The highest BCUT2D eigenvalue weighted by molar-refractivity contribution is 9.10. The summed E-state index contributed by atoms with van der Waals surface area (Å²) in [5.41, 5.74) is 5.07. The van der Waals surface area contributed by atoms with E-state index in [2.05, 4.69) is 61.9 Å². The van der Waals surface area contributed by atoms with Crippen molar-refractivity contribution >= 4 is 38.4 Å². The van der Waals surface area contributed by atoms with Crippen LogP contribution in [0.3, 0.4) is 0 Å². The van der Waals surface area contributed by atoms with E-state index in [-0.39, 0.29) is 5.91 Å². The predicted octanol–water partition coefficient (Wildman–Crippen LogP) is 3.22. The summed E-state index contributed by atoms with van der Waals surface area (Å²) in [6.45, 7) is 1.39. The van der Waals surface area contributed by atoms with Crippen LogP contribution in [0.25, 0.3) is 16.6 Å². The summed E-state index contributed by atoms with van der Waals surface area (Å²) in [5.74, 6) is -0.0336. The Bertz CT molecular complexity index is 1190. The van der Waals surface area contributed by atoms with Gasteiger partial charge >= 0.3 is 0 Å². The predicted molar refractivity (Wildman–Crippen MR) is 107 cm³/mol. The number of hydrogen-bond acceptors (Lipinski definition) is 3. The SMILES string of the molecule is Cn1c2c(c3ccccc31)CCN(C(=O)c1cc3ncc(Br)cn3n1)CC2. The Balaban J connectivity index is 1.45. The number of aromatic nitrogens is 4. The first-order chi connectivity index (χ1) is 13.1. The number of amides is 1. The molecule has 0 spiro atoms. The second kappa shape index (κ2) is 6.20. The van der Waals surface area contributed by atoms with Gasteiger partial charge in [0, 0.05) is 61.6 Å². The highest BCUT2D eigenvalue weighted by Crippen LogP contribution is 2.28. The van der Waals surface area contributed by atoms with Crippen molar-refractivity contribution < 1.29 is 4.79 Å². The lowest BCUT2D eigenvalue weighted by Crippen LogP contribution is -2.33. The van der Waals surface area contributed by atoms with E-state index in [0.717, 1.165) is 17.3 Å². The highest BCUT2D eigenvalue weighted by Gasteiger charge is 2.25. The molecule has 27 heavy (non-hydrogen) atoms. The molecule has 0 radical (unpaired) electrons. The fourth-order valence-electron chi connectivity index (χ4n) is 4.05. The van der Waals surface area contributed by atoms with Crippen LogP contribution in [0.4, 0.5) is 0 Å². The highest BCUT2D eigenvalue weighted by atomic mass is 79.9. The molecule has 0 aliphatic carbocycles. The number of benzene rings is 1. The Morgan fingerprint density at radius 2 is 2.00 bits per heavy atom. The van der Waals surface area contributed by atoms with Crippen LogP contribution in [-0.4, -0.2) is 43.1 Å². The summed E-state index contributed by atoms with van der Waals surface area (Å²) >= 11 is 3.38. The van der Waals surface area contributed by atoms with Crippen molar-refractivity contribution in [2.45, 2.75) is 12.8 Å². The zero-order valence-corrected chi connectivity index (χ0v) is 16.5. The summed E-state index contributed by atoms with van der Waals surface area (Å²) in [6, 6.07) is 10.2. The third-order valence-corrected chi connectivity index (χ3v) is 5.79. The minimum atomic E-state index is -0.0336. The number of carbonyl (C=O) groups is 1. The lowest BCUT2D eigenvalue weighted by molar-refractivity contribution is 0.0756. The van der Waals surface area contributed by atoms with E-state index in [1.54, 1.807) is 16.8 Å². The number of fused-ring (bicyclic) bond motifs is 4. The molecule has 4 aromatic rings. The Kier molecular flexibility index (Phi) is 3.79. The molecule has 7 heteroatoms.